The zero-order valence-electron chi connectivity index (χ0n) is 14.9. The summed E-state index contributed by atoms with van der Waals surface area (Å²) in [6.07, 6.45) is 4.41. The summed E-state index contributed by atoms with van der Waals surface area (Å²) in [5, 5.41) is 12.8. The van der Waals surface area contributed by atoms with Crippen molar-refractivity contribution in [3.05, 3.63) is 29.3 Å². The van der Waals surface area contributed by atoms with Crippen LogP contribution in [0.2, 0.25) is 0 Å². The highest BCUT2D eigenvalue weighted by Crippen LogP contribution is 2.39. The number of piperidine rings is 1. The standard InChI is InChI=1S/C20H26N2O4/c23-16-10-15(11-16)20(14-4-5-17-13(9-14)6-8-26-17)21-18(24)12-22-7-2-1-3-19(22)25/h4-5,9,15-16,20,23H,1-3,6-8,10-12H2,(H,21,24)/t15?,16?,20-/m0/s1. The van der Waals surface area contributed by atoms with Crippen molar-refractivity contribution >= 4 is 11.8 Å². The van der Waals surface area contributed by atoms with Crippen molar-refractivity contribution < 1.29 is 19.4 Å². The summed E-state index contributed by atoms with van der Waals surface area (Å²) in [7, 11) is 0. The summed E-state index contributed by atoms with van der Waals surface area (Å²) in [5.74, 6) is 1.10. The van der Waals surface area contributed by atoms with Gasteiger partial charge in [-0.1, -0.05) is 6.07 Å². The van der Waals surface area contributed by atoms with Crippen molar-refractivity contribution in [1.29, 1.82) is 0 Å². The Labute approximate surface area is 153 Å². The number of benzene rings is 1. The van der Waals surface area contributed by atoms with Gasteiger partial charge >= 0.3 is 0 Å². The molecule has 1 atom stereocenters. The smallest absolute Gasteiger partial charge is 0.240 e. The van der Waals surface area contributed by atoms with E-state index in [1.165, 1.54) is 5.56 Å². The minimum atomic E-state index is -0.277. The van der Waals surface area contributed by atoms with E-state index in [-0.39, 0.29) is 36.4 Å². The van der Waals surface area contributed by atoms with Crippen LogP contribution < -0.4 is 10.1 Å². The van der Waals surface area contributed by atoms with Gasteiger partial charge in [-0.3, -0.25) is 9.59 Å². The summed E-state index contributed by atoms with van der Waals surface area (Å²) < 4.78 is 5.57. The lowest BCUT2D eigenvalue weighted by atomic mass is 9.75. The maximum atomic E-state index is 12.6. The zero-order chi connectivity index (χ0) is 18.1. The van der Waals surface area contributed by atoms with Crippen LogP contribution in [0.15, 0.2) is 18.2 Å². The molecule has 1 aliphatic carbocycles. The van der Waals surface area contributed by atoms with Gasteiger partial charge in [0.25, 0.3) is 0 Å². The molecule has 1 saturated heterocycles. The molecule has 3 aliphatic rings. The van der Waals surface area contributed by atoms with Crippen LogP contribution in [0.1, 0.15) is 49.3 Å². The quantitative estimate of drug-likeness (QED) is 0.837. The summed E-state index contributed by atoms with van der Waals surface area (Å²) in [6, 6.07) is 5.97. The fraction of sp³-hybridized carbons (Fsp3) is 0.600. The molecule has 2 aliphatic heterocycles. The Morgan fingerprint density at radius 3 is 2.92 bits per heavy atom. The van der Waals surface area contributed by atoms with Crippen molar-refractivity contribution in [3.63, 3.8) is 0 Å². The molecular formula is C20H26N2O4. The largest absolute Gasteiger partial charge is 0.493 e. The number of carbonyl (C=O) groups is 2. The fourth-order valence-electron chi connectivity index (χ4n) is 4.20. The average molecular weight is 358 g/mol. The van der Waals surface area contributed by atoms with Crippen molar-refractivity contribution in [3.8, 4) is 5.75 Å². The summed E-state index contributed by atoms with van der Waals surface area (Å²) >= 11 is 0. The molecule has 2 amide bonds. The van der Waals surface area contributed by atoms with Crippen molar-refractivity contribution in [2.24, 2.45) is 5.92 Å². The van der Waals surface area contributed by atoms with Crippen LogP contribution in [-0.4, -0.2) is 47.6 Å². The number of nitrogens with one attached hydrogen (secondary N) is 1. The molecule has 0 aromatic heterocycles. The van der Waals surface area contributed by atoms with Crippen LogP contribution in [-0.2, 0) is 16.0 Å². The van der Waals surface area contributed by atoms with Crippen LogP contribution in [0.25, 0.3) is 0 Å². The number of carbonyl (C=O) groups excluding carboxylic acids is 2. The third-order valence-corrected chi connectivity index (χ3v) is 5.77. The number of hydrogen-bond acceptors (Lipinski definition) is 4. The number of aliphatic hydroxyl groups is 1. The van der Waals surface area contributed by atoms with E-state index >= 15 is 0 Å². The minimum Gasteiger partial charge on any atom is -0.493 e. The van der Waals surface area contributed by atoms with Crippen LogP contribution >= 0.6 is 0 Å². The van der Waals surface area contributed by atoms with Crippen molar-refractivity contribution in [2.45, 2.75) is 50.7 Å². The number of aliphatic hydroxyl groups excluding tert-OH is 1. The van der Waals surface area contributed by atoms with E-state index < -0.39 is 0 Å². The highest BCUT2D eigenvalue weighted by molar-refractivity contribution is 5.85. The second-order valence-electron chi connectivity index (χ2n) is 7.67. The van der Waals surface area contributed by atoms with Gasteiger partial charge in [0.15, 0.2) is 0 Å². The van der Waals surface area contributed by atoms with Gasteiger partial charge < -0.3 is 20.1 Å². The molecule has 6 heteroatoms. The van der Waals surface area contributed by atoms with Gasteiger partial charge in [0.2, 0.25) is 11.8 Å². The molecule has 0 bridgehead atoms. The van der Waals surface area contributed by atoms with Gasteiger partial charge in [0.1, 0.15) is 5.75 Å². The molecule has 2 fully saturated rings. The topological polar surface area (TPSA) is 78.9 Å². The second kappa shape index (κ2) is 7.27. The number of nitrogens with zero attached hydrogens (tertiary/aromatic N) is 1. The van der Waals surface area contributed by atoms with E-state index in [1.54, 1.807) is 4.90 Å². The number of fused-ring (bicyclic) bond motifs is 1. The number of ether oxygens (including phenoxy) is 1. The minimum absolute atomic E-state index is 0.0664. The van der Waals surface area contributed by atoms with Crippen molar-refractivity contribution in [2.75, 3.05) is 19.7 Å². The predicted octanol–water partition coefficient (Wildman–Crippen LogP) is 1.56. The molecule has 4 rings (SSSR count). The Balaban J connectivity index is 1.47. The van der Waals surface area contributed by atoms with Crippen LogP contribution in [0.5, 0.6) is 5.75 Å². The fourth-order valence-corrected chi connectivity index (χ4v) is 4.20. The lowest BCUT2D eigenvalue weighted by Crippen LogP contribution is -2.47. The third kappa shape index (κ3) is 3.56. The summed E-state index contributed by atoms with van der Waals surface area (Å²) in [5.41, 5.74) is 2.23. The maximum absolute atomic E-state index is 12.6. The molecule has 2 N–H and O–H groups in total. The molecule has 6 nitrogen and oxygen atoms in total. The molecule has 140 valence electrons. The van der Waals surface area contributed by atoms with Gasteiger partial charge in [0.05, 0.1) is 25.3 Å². The summed E-state index contributed by atoms with van der Waals surface area (Å²) in [4.78, 5) is 26.2. The molecule has 0 radical (unpaired) electrons. The number of hydrogen-bond donors (Lipinski definition) is 2. The van der Waals surface area contributed by atoms with Crippen LogP contribution in [0, 0.1) is 5.92 Å². The van der Waals surface area contributed by atoms with Crippen LogP contribution in [0.4, 0.5) is 0 Å². The first kappa shape index (κ1) is 17.3. The SMILES string of the molecule is O=C(CN1CCCCC1=O)N[C@@H](c1ccc2c(c1)CCO2)C1CC(O)C1. The molecule has 0 spiro atoms. The van der Waals surface area contributed by atoms with E-state index in [1.807, 2.05) is 12.1 Å². The highest BCUT2D eigenvalue weighted by Gasteiger charge is 2.36. The van der Waals surface area contributed by atoms with E-state index in [4.69, 9.17) is 4.74 Å². The maximum Gasteiger partial charge on any atom is 0.240 e. The van der Waals surface area contributed by atoms with Gasteiger partial charge in [-0.2, -0.15) is 0 Å². The first-order valence-electron chi connectivity index (χ1n) is 9.61. The Hall–Kier alpha value is -2.08. The summed E-state index contributed by atoms with van der Waals surface area (Å²) in [6.45, 7) is 1.49. The predicted molar refractivity (Wildman–Crippen MR) is 95.7 cm³/mol. The monoisotopic (exact) mass is 358 g/mol. The van der Waals surface area contributed by atoms with E-state index in [0.717, 1.165) is 30.6 Å². The molecule has 1 aromatic carbocycles. The van der Waals surface area contributed by atoms with E-state index in [0.29, 0.717) is 32.4 Å². The second-order valence-corrected chi connectivity index (χ2v) is 7.67. The number of amides is 2. The molecule has 26 heavy (non-hydrogen) atoms. The lowest BCUT2D eigenvalue weighted by Gasteiger charge is -2.39. The van der Waals surface area contributed by atoms with Crippen molar-refractivity contribution in [1.82, 2.24) is 10.2 Å². The first-order valence-corrected chi connectivity index (χ1v) is 9.61. The molecule has 0 unspecified atom stereocenters. The molecule has 1 aromatic rings. The lowest BCUT2D eigenvalue weighted by molar-refractivity contribution is -0.138. The molecular weight excluding hydrogens is 332 g/mol. The highest BCUT2D eigenvalue weighted by atomic mass is 16.5. The zero-order valence-corrected chi connectivity index (χ0v) is 14.9. The van der Waals surface area contributed by atoms with Gasteiger partial charge in [0, 0.05) is 19.4 Å². The Kier molecular flexibility index (Phi) is 4.85. The van der Waals surface area contributed by atoms with Gasteiger partial charge in [-0.15, -0.1) is 0 Å². The Morgan fingerprint density at radius 2 is 2.15 bits per heavy atom. The van der Waals surface area contributed by atoms with Gasteiger partial charge in [-0.05, 0) is 54.9 Å². The molecule has 1 saturated carbocycles. The van der Waals surface area contributed by atoms with Gasteiger partial charge in [-0.25, -0.2) is 0 Å². The Morgan fingerprint density at radius 1 is 1.31 bits per heavy atom. The van der Waals surface area contributed by atoms with Crippen LogP contribution in [0.3, 0.4) is 0 Å². The third-order valence-electron chi connectivity index (χ3n) is 5.77. The number of rotatable bonds is 5. The normalized spacial score (nSPS) is 25.9. The Bertz CT molecular complexity index is 699. The average Bonchev–Trinajstić information content (AvgIpc) is 3.07. The van der Waals surface area contributed by atoms with E-state index in [9.17, 15) is 14.7 Å². The number of likely N-dealkylation sites (tertiary alicyclic amines) is 1. The molecule has 2 heterocycles. The van der Waals surface area contributed by atoms with E-state index in [2.05, 4.69) is 11.4 Å². The first-order chi connectivity index (χ1) is 12.6.